The number of hydrogen-bond acceptors (Lipinski definition) is 4. The molecule has 1 N–H and O–H groups in total. The molecule has 0 aromatic carbocycles. The molecule has 2 rings (SSSR count). The Labute approximate surface area is 71.3 Å². The SMILES string of the molecule is Cc1nonc1C1CCNCC1. The highest BCUT2D eigenvalue weighted by atomic mass is 16.6. The smallest absolute Gasteiger partial charge is 0.111 e. The van der Waals surface area contributed by atoms with E-state index < -0.39 is 0 Å². The summed E-state index contributed by atoms with van der Waals surface area (Å²) in [5.41, 5.74) is 2.00. The summed E-state index contributed by atoms with van der Waals surface area (Å²) in [6.45, 7) is 4.11. The predicted octanol–water partition coefficient (Wildman–Crippen LogP) is 0.845. The second-order valence-electron chi connectivity index (χ2n) is 3.26. The van der Waals surface area contributed by atoms with Crippen LogP contribution in [0.5, 0.6) is 0 Å². The van der Waals surface area contributed by atoms with Crippen molar-refractivity contribution in [3.63, 3.8) is 0 Å². The Morgan fingerprint density at radius 1 is 1.33 bits per heavy atom. The van der Waals surface area contributed by atoms with E-state index in [2.05, 4.69) is 20.3 Å². The molecule has 66 valence electrons. The summed E-state index contributed by atoms with van der Waals surface area (Å²) in [5.74, 6) is 0.553. The second-order valence-corrected chi connectivity index (χ2v) is 3.26. The molecule has 12 heavy (non-hydrogen) atoms. The average Bonchev–Trinajstić information content (AvgIpc) is 2.53. The zero-order valence-corrected chi connectivity index (χ0v) is 7.21. The van der Waals surface area contributed by atoms with Crippen LogP contribution in [-0.2, 0) is 0 Å². The first kappa shape index (κ1) is 7.73. The zero-order valence-electron chi connectivity index (χ0n) is 7.21. The van der Waals surface area contributed by atoms with Crippen molar-refractivity contribution in [3.8, 4) is 0 Å². The van der Waals surface area contributed by atoms with Gasteiger partial charge in [0, 0.05) is 5.92 Å². The van der Waals surface area contributed by atoms with Crippen molar-refractivity contribution in [3.05, 3.63) is 11.4 Å². The molecular weight excluding hydrogens is 154 g/mol. The maximum absolute atomic E-state index is 4.68. The molecule has 4 nitrogen and oxygen atoms in total. The topological polar surface area (TPSA) is 51.0 Å². The maximum atomic E-state index is 4.68. The molecule has 4 heteroatoms. The lowest BCUT2D eigenvalue weighted by Crippen LogP contribution is -2.27. The molecular formula is C8H13N3O. The van der Waals surface area contributed by atoms with E-state index in [4.69, 9.17) is 0 Å². The number of hydrogen-bond donors (Lipinski definition) is 1. The van der Waals surface area contributed by atoms with E-state index in [1.54, 1.807) is 0 Å². The highest BCUT2D eigenvalue weighted by Crippen LogP contribution is 2.24. The highest BCUT2D eigenvalue weighted by Gasteiger charge is 2.20. The molecule has 0 atom stereocenters. The van der Waals surface area contributed by atoms with Crippen molar-refractivity contribution in [1.29, 1.82) is 0 Å². The molecule has 0 aliphatic carbocycles. The van der Waals surface area contributed by atoms with Gasteiger partial charge in [-0.1, -0.05) is 10.3 Å². The Morgan fingerprint density at radius 2 is 2.08 bits per heavy atom. The minimum absolute atomic E-state index is 0.553. The van der Waals surface area contributed by atoms with Crippen LogP contribution in [0.15, 0.2) is 4.63 Å². The van der Waals surface area contributed by atoms with Gasteiger partial charge in [-0.05, 0) is 32.9 Å². The number of rotatable bonds is 1. The summed E-state index contributed by atoms with van der Waals surface area (Å²) in [5, 5.41) is 11.0. The summed E-state index contributed by atoms with van der Waals surface area (Å²) < 4.78 is 4.68. The summed E-state index contributed by atoms with van der Waals surface area (Å²) in [7, 11) is 0. The monoisotopic (exact) mass is 167 g/mol. The molecule has 0 bridgehead atoms. The molecule has 1 aromatic heterocycles. The molecule has 1 saturated heterocycles. The molecule has 1 fully saturated rings. The Morgan fingerprint density at radius 3 is 2.67 bits per heavy atom. The van der Waals surface area contributed by atoms with E-state index in [-0.39, 0.29) is 0 Å². The lowest BCUT2D eigenvalue weighted by molar-refractivity contribution is 0.296. The van der Waals surface area contributed by atoms with Gasteiger partial charge in [-0.25, -0.2) is 4.63 Å². The Bertz CT molecular complexity index is 253. The Hall–Kier alpha value is -0.900. The first-order valence-corrected chi connectivity index (χ1v) is 4.37. The van der Waals surface area contributed by atoms with Crippen LogP contribution in [0.25, 0.3) is 0 Å². The van der Waals surface area contributed by atoms with Crippen LogP contribution in [0.2, 0.25) is 0 Å². The Balaban J connectivity index is 2.13. The second kappa shape index (κ2) is 3.23. The van der Waals surface area contributed by atoms with Crippen molar-refractivity contribution in [1.82, 2.24) is 15.6 Å². The molecule has 0 unspecified atom stereocenters. The molecule has 2 heterocycles. The molecule has 0 spiro atoms. The molecule has 1 aliphatic heterocycles. The van der Waals surface area contributed by atoms with Gasteiger partial charge >= 0.3 is 0 Å². The predicted molar refractivity (Wildman–Crippen MR) is 43.9 cm³/mol. The summed E-state index contributed by atoms with van der Waals surface area (Å²) in [6, 6.07) is 0. The lowest BCUT2D eigenvalue weighted by Gasteiger charge is -2.20. The molecule has 0 radical (unpaired) electrons. The van der Waals surface area contributed by atoms with Crippen LogP contribution in [0.4, 0.5) is 0 Å². The fourth-order valence-electron chi connectivity index (χ4n) is 1.70. The number of aromatic nitrogens is 2. The molecule has 0 saturated carbocycles. The van der Waals surface area contributed by atoms with Gasteiger partial charge in [-0.2, -0.15) is 0 Å². The first-order valence-electron chi connectivity index (χ1n) is 4.37. The van der Waals surface area contributed by atoms with E-state index in [0.29, 0.717) is 5.92 Å². The van der Waals surface area contributed by atoms with Crippen molar-refractivity contribution in [2.24, 2.45) is 0 Å². The molecule has 0 amide bonds. The van der Waals surface area contributed by atoms with Crippen molar-refractivity contribution in [2.45, 2.75) is 25.7 Å². The minimum Gasteiger partial charge on any atom is -0.317 e. The van der Waals surface area contributed by atoms with Gasteiger partial charge in [0.1, 0.15) is 11.4 Å². The lowest BCUT2D eigenvalue weighted by atomic mass is 9.94. The van der Waals surface area contributed by atoms with Gasteiger partial charge in [-0.3, -0.25) is 0 Å². The maximum Gasteiger partial charge on any atom is 0.111 e. The van der Waals surface area contributed by atoms with E-state index in [9.17, 15) is 0 Å². The average molecular weight is 167 g/mol. The van der Waals surface area contributed by atoms with Crippen molar-refractivity contribution in [2.75, 3.05) is 13.1 Å². The van der Waals surface area contributed by atoms with Gasteiger partial charge in [0.25, 0.3) is 0 Å². The summed E-state index contributed by atoms with van der Waals surface area (Å²) in [4.78, 5) is 0. The minimum atomic E-state index is 0.553. The molecule has 1 aromatic rings. The van der Waals surface area contributed by atoms with Crippen LogP contribution < -0.4 is 5.32 Å². The van der Waals surface area contributed by atoms with Gasteiger partial charge in [0.05, 0.1) is 0 Å². The normalized spacial score (nSPS) is 19.8. The highest BCUT2D eigenvalue weighted by molar-refractivity contribution is 5.12. The fraction of sp³-hybridized carbons (Fsp3) is 0.750. The molecule has 1 aliphatic rings. The van der Waals surface area contributed by atoms with E-state index in [1.807, 2.05) is 6.92 Å². The quantitative estimate of drug-likeness (QED) is 0.673. The van der Waals surface area contributed by atoms with E-state index in [1.165, 1.54) is 0 Å². The third-order valence-electron chi connectivity index (χ3n) is 2.41. The van der Waals surface area contributed by atoms with Crippen LogP contribution in [0.1, 0.15) is 30.1 Å². The van der Waals surface area contributed by atoms with Gasteiger partial charge in [0.15, 0.2) is 0 Å². The number of piperidine rings is 1. The number of aryl methyl sites for hydroxylation is 1. The van der Waals surface area contributed by atoms with E-state index in [0.717, 1.165) is 37.3 Å². The summed E-state index contributed by atoms with van der Waals surface area (Å²) in [6.07, 6.45) is 2.30. The van der Waals surface area contributed by atoms with Gasteiger partial charge < -0.3 is 5.32 Å². The number of nitrogens with zero attached hydrogens (tertiary/aromatic N) is 2. The Kier molecular flexibility index (Phi) is 2.08. The largest absolute Gasteiger partial charge is 0.317 e. The standard InChI is InChI=1S/C8H13N3O/c1-6-8(11-12-10-6)7-2-4-9-5-3-7/h7,9H,2-5H2,1H3. The third kappa shape index (κ3) is 1.34. The van der Waals surface area contributed by atoms with E-state index >= 15 is 0 Å². The first-order chi connectivity index (χ1) is 5.88. The third-order valence-corrected chi connectivity index (χ3v) is 2.41. The van der Waals surface area contributed by atoms with Crippen LogP contribution in [-0.4, -0.2) is 23.4 Å². The van der Waals surface area contributed by atoms with Gasteiger partial charge in [-0.15, -0.1) is 0 Å². The van der Waals surface area contributed by atoms with Crippen molar-refractivity contribution < 1.29 is 4.63 Å². The van der Waals surface area contributed by atoms with Crippen molar-refractivity contribution >= 4 is 0 Å². The van der Waals surface area contributed by atoms with Crippen LogP contribution >= 0.6 is 0 Å². The van der Waals surface area contributed by atoms with Crippen LogP contribution in [0.3, 0.4) is 0 Å². The summed E-state index contributed by atoms with van der Waals surface area (Å²) >= 11 is 0. The zero-order chi connectivity index (χ0) is 8.39. The number of nitrogens with one attached hydrogen (secondary N) is 1. The van der Waals surface area contributed by atoms with Gasteiger partial charge in [0.2, 0.25) is 0 Å². The fourth-order valence-corrected chi connectivity index (χ4v) is 1.70. The van der Waals surface area contributed by atoms with Crippen LogP contribution in [0, 0.1) is 6.92 Å².